The summed E-state index contributed by atoms with van der Waals surface area (Å²) in [6, 6.07) is 10.6. The van der Waals surface area contributed by atoms with Crippen LogP contribution in [0.3, 0.4) is 0 Å². The first-order valence-corrected chi connectivity index (χ1v) is 9.58. The molecule has 0 bridgehead atoms. The number of rotatable bonds is 6. The second-order valence-corrected chi connectivity index (χ2v) is 6.88. The molecule has 1 amide bonds. The molecule has 1 aliphatic rings. The molecule has 3 aromatic rings. The lowest BCUT2D eigenvalue weighted by Crippen LogP contribution is -2.42. The molecule has 1 aromatic carbocycles. The van der Waals surface area contributed by atoms with Gasteiger partial charge in [-0.2, -0.15) is 4.98 Å². The largest absolute Gasteiger partial charge is 0.493 e. The molecule has 0 aliphatic carbocycles. The Balaban J connectivity index is 1.31. The highest BCUT2D eigenvalue weighted by Crippen LogP contribution is 2.24. The van der Waals surface area contributed by atoms with E-state index < -0.39 is 6.10 Å². The Morgan fingerprint density at radius 2 is 2.00 bits per heavy atom. The van der Waals surface area contributed by atoms with Crippen LogP contribution in [0, 0.1) is 0 Å². The molecule has 29 heavy (non-hydrogen) atoms. The van der Waals surface area contributed by atoms with Crippen molar-refractivity contribution in [1.82, 2.24) is 20.0 Å². The fourth-order valence-corrected chi connectivity index (χ4v) is 3.08. The van der Waals surface area contributed by atoms with E-state index in [1.54, 1.807) is 53.7 Å². The molecule has 3 heterocycles. The van der Waals surface area contributed by atoms with Gasteiger partial charge in [0.05, 0.1) is 26.2 Å². The average Bonchev–Trinajstić information content (AvgIpc) is 3.26. The highest BCUT2D eigenvalue weighted by Gasteiger charge is 2.29. The van der Waals surface area contributed by atoms with Gasteiger partial charge < -0.3 is 18.9 Å². The maximum absolute atomic E-state index is 12.5. The molecule has 9 heteroatoms. The maximum atomic E-state index is 12.5. The number of nitrogens with zero attached hydrogens (tertiary/aromatic N) is 4. The van der Waals surface area contributed by atoms with Gasteiger partial charge in [0, 0.05) is 29.5 Å². The van der Waals surface area contributed by atoms with Gasteiger partial charge in [0.15, 0.2) is 6.10 Å². The molecule has 8 nitrogen and oxygen atoms in total. The zero-order valence-electron chi connectivity index (χ0n) is 15.5. The number of halogens is 1. The summed E-state index contributed by atoms with van der Waals surface area (Å²) in [4.78, 5) is 22.6. The predicted octanol–water partition coefficient (Wildman–Crippen LogP) is 3.15. The van der Waals surface area contributed by atoms with E-state index in [1.807, 2.05) is 0 Å². The highest BCUT2D eigenvalue weighted by molar-refractivity contribution is 6.30. The number of pyridine rings is 1. The molecular weight excluding hydrogens is 396 g/mol. The molecule has 1 fully saturated rings. The van der Waals surface area contributed by atoms with Gasteiger partial charge >= 0.3 is 0 Å². The van der Waals surface area contributed by atoms with Crippen LogP contribution in [-0.2, 0) is 9.53 Å². The first-order valence-electron chi connectivity index (χ1n) is 9.21. The van der Waals surface area contributed by atoms with Crippen LogP contribution in [0.2, 0.25) is 5.02 Å². The van der Waals surface area contributed by atoms with Gasteiger partial charge in [0.2, 0.25) is 11.7 Å². The van der Waals surface area contributed by atoms with Crippen LogP contribution in [0.1, 0.15) is 18.4 Å². The summed E-state index contributed by atoms with van der Waals surface area (Å²) in [7, 11) is 0. The first kappa shape index (κ1) is 19.4. The number of carbonyl (C=O) groups excluding carboxylic acids is 1. The molecule has 1 aliphatic heterocycles. The maximum Gasteiger partial charge on any atom is 0.257 e. The molecule has 0 spiro atoms. The number of benzene rings is 1. The van der Waals surface area contributed by atoms with Crippen molar-refractivity contribution in [1.29, 1.82) is 0 Å². The lowest BCUT2D eigenvalue weighted by atomic mass is 10.2. The smallest absolute Gasteiger partial charge is 0.257 e. The molecule has 4 rings (SSSR count). The summed E-state index contributed by atoms with van der Waals surface area (Å²) in [5.41, 5.74) is 0.804. The Kier molecular flexibility index (Phi) is 6.02. The Hall–Kier alpha value is -2.97. The van der Waals surface area contributed by atoms with Crippen molar-refractivity contribution in [2.75, 3.05) is 26.3 Å². The van der Waals surface area contributed by atoms with Crippen molar-refractivity contribution in [2.24, 2.45) is 0 Å². The third kappa shape index (κ3) is 4.90. The van der Waals surface area contributed by atoms with E-state index in [0.717, 1.165) is 5.56 Å². The first-order chi connectivity index (χ1) is 14.2. The molecule has 2 aromatic heterocycles. The van der Waals surface area contributed by atoms with Crippen molar-refractivity contribution in [3.05, 3.63) is 59.7 Å². The molecule has 0 radical (unpaired) electrons. The number of morpholine rings is 1. The number of carbonyl (C=O) groups is 1. The SMILES string of the molecule is O=C(CCOc1ccc(Cl)cc1)N1CCO[C@H](c2nc(-c3ccncc3)no2)C1. The molecule has 1 atom stereocenters. The normalized spacial score (nSPS) is 16.6. The summed E-state index contributed by atoms with van der Waals surface area (Å²) >= 11 is 5.85. The Bertz CT molecular complexity index is 949. The third-order valence-electron chi connectivity index (χ3n) is 4.47. The minimum atomic E-state index is -0.451. The van der Waals surface area contributed by atoms with Crippen LogP contribution in [0.15, 0.2) is 53.3 Å². The number of amides is 1. The molecule has 1 saturated heterocycles. The van der Waals surface area contributed by atoms with E-state index in [0.29, 0.717) is 42.2 Å². The molecule has 0 N–H and O–H groups in total. The number of aromatic nitrogens is 3. The van der Waals surface area contributed by atoms with E-state index in [4.69, 9.17) is 25.6 Å². The Morgan fingerprint density at radius 3 is 2.79 bits per heavy atom. The minimum Gasteiger partial charge on any atom is -0.493 e. The zero-order valence-corrected chi connectivity index (χ0v) is 16.3. The highest BCUT2D eigenvalue weighted by atomic mass is 35.5. The van der Waals surface area contributed by atoms with Crippen molar-refractivity contribution in [3.8, 4) is 17.1 Å². The summed E-state index contributed by atoms with van der Waals surface area (Å²) < 4.78 is 16.7. The Morgan fingerprint density at radius 1 is 1.21 bits per heavy atom. The average molecular weight is 415 g/mol. The predicted molar refractivity (Wildman–Crippen MR) is 104 cm³/mol. The number of hydrogen-bond acceptors (Lipinski definition) is 7. The van der Waals surface area contributed by atoms with Gasteiger partial charge in [0.25, 0.3) is 5.89 Å². The van der Waals surface area contributed by atoms with Gasteiger partial charge in [-0.05, 0) is 36.4 Å². The van der Waals surface area contributed by atoms with Gasteiger partial charge in [-0.25, -0.2) is 0 Å². The molecule has 0 unspecified atom stereocenters. The standard InChI is InChI=1S/C20H19ClN4O4/c21-15-1-3-16(4-2-15)27-11-7-18(26)25-10-12-28-17(13-25)20-23-19(24-29-20)14-5-8-22-9-6-14/h1-6,8-9,17H,7,10-13H2/t17-/m0/s1. The summed E-state index contributed by atoms with van der Waals surface area (Å²) in [6.45, 7) is 1.57. The summed E-state index contributed by atoms with van der Waals surface area (Å²) in [6.07, 6.45) is 3.14. The van der Waals surface area contributed by atoms with E-state index >= 15 is 0 Å². The lowest BCUT2D eigenvalue weighted by molar-refractivity contribution is -0.140. The molecule has 0 saturated carbocycles. The quantitative estimate of drug-likeness (QED) is 0.611. The molecule has 150 valence electrons. The topological polar surface area (TPSA) is 90.6 Å². The van der Waals surface area contributed by atoms with Crippen LogP contribution >= 0.6 is 11.6 Å². The minimum absolute atomic E-state index is 0.0128. The monoisotopic (exact) mass is 414 g/mol. The fourth-order valence-electron chi connectivity index (χ4n) is 2.95. The van der Waals surface area contributed by atoms with E-state index in [2.05, 4.69) is 15.1 Å². The van der Waals surface area contributed by atoms with Gasteiger partial charge in [-0.15, -0.1) is 0 Å². The molecular formula is C20H19ClN4O4. The van der Waals surface area contributed by atoms with Crippen molar-refractivity contribution in [3.63, 3.8) is 0 Å². The second kappa shape index (κ2) is 9.02. The number of ether oxygens (including phenoxy) is 2. The van der Waals surface area contributed by atoms with Crippen LogP contribution < -0.4 is 4.74 Å². The number of hydrogen-bond donors (Lipinski definition) is 0. The zero-order chi connectivity index (χ0) is 20.1. The van der Waals surface area contributed by atoms with Crippen molar-refractivity contribution < 1.29 is 18.8 Å². The van der Waals surface area contributed by atoms with Crippen LogP contribution in [0.25, 0.3) is 11.4 Å². The van der Waals surface area contributed by atoms with E-state index in [9.17, 15) is 4.79 Å². The van der Waals surface area contributed by atoms with Crippen molar-refractivity contribution in [2.45, 2.75) is 12.5 Å². The summed E-state index contributed by atoms with van der Waals surface area (Å²) in [5, 5.41) is 4.63. The van der Waals surface area contributed by atoms with Crippen LogP contribution in [0.4, 0.5) is 0 Å². The van der Waals surface area contributed by atoms with Gasteiger partial charge in [-0.3, -0.25) is 9.78 Å². The Labute approximate surface area is 172 Å². The van der Waals surface area contributed by atoms with Crippen LogP contribution in [0.5, 0.6) is 5.75 Å². The lowest BCUT2D eigenvalue weighted by Gasteiger charge is -2.31. The van der Waals surface area contributed by atoms with Gasteiger partial charge in [0.1, 0.15) is 5.75 Å². The fraction of sp³-hybridized carbons (Fsp3) is 0.300. The van der Waals surface area contributed by atoms with E-state index in [-0.39, 0.29) is 18.9 Å². The third-order valence-corrected chi connectivity index (χ3v) is 4.73. The summed E-state index contributed by atoms with van der Waals surface area (Å²) in [5.74, 6) is 1.48. The second-order valence-electron chi connectivity index (χ2n) is 6.44. The van der Waals surface area contributed by atoms with Crippen LogP contribution in [-0.4, -0.2) is 52.2 Å². The van der Waals surface area contributed by atoms with Gasteiger partial charge in [-0.1, -0.05) is 16.8 Å². The van der Waals surface area contributed by atoms with E-state index in [1.165, 1.54) is 0 Å². The van der Waals surface area contributed by atoms with Crippen molar-refractivity contribution >= 4 is 17.5 Å².